The average Bonchev–Trinajstić information content (AvgIpc) is 2.83. The van der Waals surface area contributed by atoms with Crippen LogP contribution >= 0.6 is 0 Å². The molecule has 3 aromatic rings. The highest BCUT2D eigenvalue weighted by Gasteiger charge is 2.30. The zero-order valence-electron chi connectivity index (χ0n) is 21.4. The van der Waals surface area contributed by atoms with Gasteiger partial charge < -0.3 is 15.0 Å². The van der Waals surface area contributed by atoms with Gasteiger partial charge in [-0.05, 0) is 68.5 Å². The monoisotopic (exact) mass is 472 g/mol. The van der Waals surface area contributed by atoms with Crippen molar-refractivity contribution < 1.29 is 14.3 Å². The van der Waals surface area contributed by atoms with Gasteiger partial charge in [0, 0.05) is 19.5 Å². The Labute approximate surface area is 209 Å². The Bertz CT molecular complexity index is 1160. The fourth-order valence-corrected chi connectivity index (χ4v) is 4.23. The van der Waals surface area contributed by atoms with Crippen LogP contribution in [0.5, 0.6) is 5.75 Å². The van der Waals surface area contributed by atoms with E-state index in [4.69, 9.17) is 4.74 Å². The molecule has 0 unspecified atom stereocenters. The van der Waals surface area contributed by atoms with Crippen LogP contribution in [0.15, 0.2) is 66.7 Å². The van der Waals surface area contributed by atoms with Gasteiger partial charge in [0.15, 0.2) is 6.61 Å². The Hall–Kier alpha value is -3.60. The van der Waals surface area contributed by atoms with Gasteiger partial charge in [-0.3, -0.25) is 9.59 Å². The van der Waals surface area contributed by atoms with Gasteiger partial charge >= 0.3 is 0 Å². The summed E-state index contributed by atoms with van der Waals surface area (Å²) < 4.78 is 6.02. The summed E-state index contributed by atoms with van der Waals surface area (Å²) in [6, 6.07) is 21.2. The quantitative estimate of drug-likeness (QED) is 0.448. The molecular weight excluding hydrogens is 436 g/mol. The fraction of sp³-hybridized carbons (Fsp3) is 0.333. The minimum atomic E-state index is -0.658. The molecule has 0 heterocycles. The maximum absolute atomic E-state index is 13.6. The molecule has 5 nitrogen and oxygen atoms in total. The molecule has 35 heavy (non-hydrogen) atoms. The zero-order valence-corrected chi connectivity index (χ0v) is 21.4. The van der Waals surface area contributed by atoms with Crippen LogP contribution < -0.4 is 10.1 Å². The van der Waals surface area contributed by atoms with E-state index in [1.54, 1.807) is 4.90 Å². The molecule has 0 aliphatic rings. The van der Waals surface area contributed by atoms with Gasteiger partial charge in [0.2, 0.25) is 5.91 Å². The first-order valence-electron chi connectivity index (χ1n) is 12.2. The molecule has 0 bridgehead atoms. The smallest absolute Gasteiger partial charge is 0.261 e. The van der Waals surface area contributed by atoms with Crippen molar-refractivity contribution in [3.05, 3.63) is 100 Å². The van der Waals surface area contributed by atoms with E-state index in [0.717, 1.165) is 33.4 Å². The van der Waals surface area contributed by atoms with Gasteiger partial charge in [-0.25, -0.2) is 0 Å². The number of nitrogens with one attached hydrogen (secondary N) is 1. The van der Waals surface area contributed by atoms with Crippen molar-refractivity contribution in [2.24, 2.45) is 0 Å². The minimum Gasteiger partial charge on any atom is -0.483 e. The number of hydrogen-bond acceptors (Lipinski definition) is 3. The maximum atomic E-state index is 13.6. The first-order chi connectivity index (χ1) is 16.8. The topological polar surface area (TPSA) is 58.6 Å². The largest absolute Gasteiger partial charge is 0.483 e. The number of likely N-dealkylation sites (N-methyl/N-ethyl adjacent to an activating group) is 1. The molecule has 0 aromatic heterocycles. The predicted molar refractivity (Wildman–Crippen MR) is 140 cm³/mol. The van der Waals surface area contributed by atoms with Crippen LogP contribution in [0.4, 0.5) is 0 Å². The van der Waals surface area contributed by atoms with Crippen LogP contribution in [0.2, 0.25) is 0 Å². The number of carbonyl (C=O) groups is 2. The second-order valence-corrected chi connectivity index (χ2v) is 9.10. The lowest BCUT2D eigenvalue weighted by Gasteiger charge is -2.31. The molecule has 3 aromatic carbocycles. The standard InChI is InChI=1S/C30H36N2O3/c1-6-31-30(34)27(18-25-12-8-7-9-13-25)32(19-26-14-10-11-21(2)16-26)29(33)20-35-28-17-22(3)15-23(4)24(28)5/h7-17,27H,6,18-20H2,1-5H3,(H,31,34)/t27-/m1/s1. The summed E-state index contributed by atoms with van der Waals surface area (Å²) >= 11 is 0. The zero-order chi connectivity index (χ0) is 25.4. The number of benzene rings is 3. The molecular formula is C30H36N2O3. The summed E-state index contributed by atoms with van der Waals surface area (Å²) in [6.07, 6.45) is 0.423. The highest BCUT2D eigenvalue weighted by atomic mass is 16.5. The number of nitrogens with zero attached hydrogens (tertiary/aromatic N) is 1. The lowest BCUT2D eigenvalue weighted by atomic mass is 10.0. The summed E-state index contributed by atoms with van der Waals surface area (Å²) in [7, 11) is 0. The van der Waals surface area contributed by atoms with Crippen molar-refractivity contribution >= 4 is 11.8 Å². The third kappa shape index (κ3) is 7.19. The minimum absolute atomic E-state index is 0.139. The predicted octanol–water partition coefficient (Wildman–Crippen LogP) is 5.08. The molecule has 3 rings (SSSR count). The molecule has 2 amide bonds. The molecule has 0 aliphatic carbocycles. The van der Waals surface area contributed by atoms with Gasteiger partial charge in [-0.1, -0.05) is 66.2 Å². The summed E-state index contributed by atoms with van der Waals surface area (Å²) in [6.45, 7) is 10.6. The van der Waals surface area contributed by atoms with Gasteiger partial charge in [-0.15, -0.1) is 0 Å². The van der Waals surface area contributed by atoms with Crippen LogP contribution in [0, 0.1) is 27.7 Å². The van der Waals surface area contributed by atoms with E-state index in [1.165, 1.54) is 0 Å². The maximum Gasteiger partial charge on any atom is 0.261 e. The third-order valence-electron chi connectivity index (χ3n) is 6.17. The van der Waals surface area contributed by atoms with E-state index >= 15 is 0 Å². The molecule has 0 saturated carbocycles. The highest BCUT2D eigenvalue weighted by molar-refractivity contribution is 5.88. The summed E-state index contributed by atoms with van der Waals surface area (Å²) in [5, 5.41) is 2.92. The van der Waals surface area contributed by atoms with E-state index in [0.29, 0.717) is 25.3 Å². The fourth-order valence-electron chi connectivity index (χ4n) is 4.23. The Balaban J connectivity index is 1.92. The van der Waals surface area contributed by atoms with Crippen molar-refractivity contribution in [3.8, 4) is 5.75 Å². The molecule has 0 radical (unpaired) electrons. The normalized spacial score (nSPS) is 11.6. The molecule has 0 saturated heterocycles. The second-order valence-electron chi connectivity index (χ2n) is 9.10. The van der Waals surface area contributed by atoms with E-state index in [1.807, 2.05) is 95.3 Å². The number of amides is 2. The van der Waals surface area contributed by atoms with E-state index < -0.39 is 6.04 Å². The second kappa shape index (κ2) is 12.2. The van der Waals surface area contributed by atoms with Crippen molar-refractivity contribution in [2.75, 3.05) is 13.2 Å². The lowest BCUT2D eigenvalue weighted by molar-refractivity contribution is -0.142. The van der Waals surface area contributed by atoms with Gasteiger partial charge in [-0.2, -0.15) is 0 Å². The number of carbonyl (C=O) groups excluding carboxylic acids is 2. The van der Waals surface area contributed by atoms with Crippen LogP contribution in [0.25, 0.3) is 0 Å². The summed E-state index contributed by atoms with van der Waals surface area (Å²) in [5.41, 5.74) is 6.29. The number of hydrogen-bond donors (Lipinski definition) is 1. The Kier molecular flexibility index (Phi) is 9.07. The SMILES string of the molecule is CCNC(=O)[C@@H](Cc1ccccc1)N(Cc1cccc(C)c1)C(=O)COc1cc(C)cc(C)c1C. The first-order valence-corrected chi connectivity index (χ1v) is 12.2. The van der Waals surface area contributed by atoms with Crippen LogP contribution in [0.3, 0.4) is 0 Å². The van der Waals surface area contributed by atoms with Gasteiger partial charge in [0.1, 0.15) is 11.8 Å². The van der Waals surface area contributed by atoms with E-state index in [9.17, 15) is 9.59 Å². The molecule has 5 heteroatoms. The Morgan fingerprint density at radius 3 is 2.29 bits per heavy atom. The molecule has 0 spiro atoms. The average molecular weight is 473 g/mol. The van der Waals surface area contributed by atoms with Gasteiger partial charge in [0.05, 0.1) is 0 Å². The molecule has 0 fully saturated rings. The van der Waals surface area contributed by atoms with Crippen molar-refractivity contribution in [2.45, 2.75) is 53.6 Å². The summed E-state index contributed by atoms with van der Waals surface area (Å²) in [4.78, 5) is 28.5. The van der Waals surface area contributed by atoms with Gasteiger partial charge in [0.25, 0.3) is 5.91 Å². The lowest BCUT2D eigenvalue weighted by Crippen LogP contribution is -2.51. The molecule has 1 atom stereocenters. The molecule has 184 valence electrons. The van der Waals surface area contributed by atoms with E-state index in [-0.39, 0.29) is 18.4 Å². The number of rotatable bonds is 10. The Morgan fingerprint density at radius 2 is 1.60 bits per heavy atom. The van der Waals surface area contributed by atoms with Crippen LogP contribution in [-0.4, -0.2) is 35.9 Å². The van der Waals surface area contributed by atoms with Crippen molar-refractivity contribution in [1.29, 1.82) is 0 Å². The number of aryl methyl sites for hydroxylation is 3. The van der Waals surface area contributed by atoms with E-state index in [2.05, 4.69) is 11.4 Å². The number of ether oxygens (including phenoxy) is 1. The van der Waals surface area contributed by atoms with Crippen LogP contribution in [-0.2, 0) is 22.6 Å². The highest BCUT2D eigenvalue weighted by Crippen LogP contribution is 2.24. The van der Waals surface area contributed by atoms with Crippen LogP contribution in [0.1, 0.15) is 40.3 Å². The van der Waals surface area contributed by atoms with Crippen molar-refractivity contribution in [1.82, 2.24) is 10.2 Å². The molecule has 1 N–H and O–H groups in total. The first kappa shape index (κ1) is 26.0. The summed E-state index contributed by atoms with van der Waals surface area (Å²) in [5.74, 6) is 0.307. The van der Waals surface area contributed by atoms with Crippen molar-refractivity contribution in [3.63, 3.8) is 0 Å². The third-order valence-corrected chi connectivity index (χ3v) is 6.17. The Morgan fingerprint density at radius 1 is 0.886 bits per heavy atom. The molecule has 0 aliphatic heterocycles.